The lowest BCUT2D eigenvalue weighted by atomic mass is 9.78. The molecule has 476 valence electrons. The Kier molecular flexibility index (Phi) is 12.5. The zero-order chi connectivity index (χ0) is 67.0. The van der Waals surface area contributed by atoms with E-state index in [1.165, 1.54) is 159 Å². The zero-order valence-electron chi connectivity index (χ0n) is 59.3. The van der Waals surface area contributed by atoms with Crippen LogP contribution in [0.5, 0.6) is 0 Å². The van der Waals surface area contributed by atoms with Crippen LogP contribution in [0.2, 0.25) is 0 Å². The molecule has 6 aromatic heterocycles. The number of nitrogens with zero attached hydrogens (tertiary/aromatic N) is 3. The van der Waals surface area contributed by atoms with Crippen molar-refractivity contribution in [3.8, 4) is 50.2 Å². The van der Waals surface area contributed by atoms with Gasteiger partial charge in [-0.15, -0.1) is 0 Å². The lowest BCUT2D eigenvalue weighted by molar-refractivity contribution is 0.568. The van der Waals surface area contributed by atoms with Crippen LogP contribution in [-0.4, -0.2) is 13.4 Å². The Morgan fingerprint density at radius 3 is 1.14 bits per heavy atom. The summed E-state index contributed by atoms with van der Waals surface area (Å²) in [5.41, 5.74) is 28.7. The molecule has 17 aromatic rings. The molecule has 0 saturated carbocycles. The maximum atomic E-state index is 7.19. The molecular weight excluding hydrogens is 1160 g/mol. The van der Waals surface area contributed by atoms with Gasteiger partial charge in [-0.3, -0.25) is 4.40 Å². The summed E-state index contributed by atoms with van der Waals surface area (Å²) in [6, 6.07) is 78.2. The van der Waals surface area contributed by atoms with Gasteiger partial charge in [-0.2, -0.15) is 0 Å². The van der Waals surface area contributed by atoms with Gasteiger partial charge < -0.3 is 13.4 Å². The van der Waals surface area contributed by atoms with Crippen LogP contribution in [0.4, 0.5) is 0 Å². The van der Waals surface area contributed by atoms with Gasteiger partial charge in [0.1, 0.15) is 5.58 Å². The summed E-state index contributed by atoms with van der Waals surface area (Å²) in [6.45, 7) is 42.3. The van der Waals surface area contributed by atoms with E-state index >= 15 is 0 Å². The molecule has 0 radical (unpaired) electrons. The summed E-state index contributed by atoms with van der Waals surface area (Å²) in [5, 5.41) is 13.4. The zero-order valence-corrected chi connectivity index (χ0v) is 59.3. The minimum absolute atomic E-state index is 0.0472. The molecule has 0 aliphatic rings. The summed E-state index contributed by atoms with van der Waals surface area (Å²) in [6.07, 6.45) is 0. The van der Waals surface area contributed by atoms with Gasteiger partial charge in [0.2, 0.25) is 5.71 Å². The van der Waals surface area contributed by atoms with Crippen molar-refractivity contribution in [1.29, 1.82) is 0 Å². The molecule has 0 bridgehead atoms. The second kappa shape index (κ2) is 20.0. The highest BCUT2D eigenvalue weighted by atomic mass is 16.3. The maximum absolute atomic E-state index is 7.19. The number of furan rings is 1. The van der Waals surface area contributed by atoms with Crippen molar-refractivity contribution < 1.29 is 4.42 Å². The topological polar surface area (TPSA) is 26.9 Å². The second-order valence-corrected chi connectivity index (χ2v) is 34.4. The third-order valence-electron chi connectivity index (χ3n) is 21.5. The summed E-state index contributed by atoms with van der Waals surface area (Å²) < 4.78 is 14.8. The average Bonchev–Trinajstić information content (AvgIpc) is 1.51. The van der Waals surface area contributed by atoms with Crippen LogP contribution in [0, 0.1) is 0 Å². The molecule has 96 heavy (non-hydrogen) atoms. The Bertz CT molecular complexity index is 6010. The van der Waals surface area contributed by atoms with E-state index in [-0.39, 0.29) is 32.5 Å². The number of hydrogen-bond donors (Lipinski definition) is 0. The van der Waals surface area contributed by atoms with Crippen LogP contribution in [0.15, 0.2) is 205 Å². The average molecular weight is 1250 g/mol. The van der Waals surface area contributed by atoms with Crippen molar-refractivity contribution in [2.24, 2.45) is 0 Å². The molecule has 0 unspecified atom stereocenters. The highest BCUT2D eigenvalue weighted by molar-refractivity contribution is 6.33. The first kappa shape index (κ1) is 60.1. The van der Waals surface area contributed by atoms with Crippen molar-refractivity contribution >= 4 is 109 Å². The van der Waals surface area contributed by atoms with Crippen molar-refractivity contribution in [3.05, 3.63) is 234 Å². The highest BCUT2D eigenvalue weighted by Crippen LogP contribution is 2.52. The van der Waals surface area contributed by atoms with E-state index in [4.69, 9.17) is 4.42 Å². The van der Waals surface area contributed by atoms with Gasteiger partial charge in [0.05, 0.1) is 44.0 Å². The standard InChI is InChI=1S/C92H87N3O/c1-87(2,3)59-34-53(35-60(47-59)88(4,5)6)56-41-68(52-32-33-78-69(40-52)66-28-22-24-30-77(66)93(78)65-26-20-19-21-27-65)83-74(44-56)75-45-57(54-36-61(89(7,8)9)48-62(37-54)90(10,11)12)42-72-70-50-71-73-43-58(55-38-63(91(13,14)15)49-64(39-55)92(16,17)18)46-76-82-67-29-23-25-31-81(67)96-86(82)95(85(73)76)80(71)51-79(70)94(83)84(72)75/h19-51H,1-18H3. The molecule has 0 amide bonds. The summed E-state index contributed by atoms with van der Waals surface area (Å²) >= 11 is 0. The Morgan fingerprint density at radius 1 is 0.250 bits per heavy atom. The third kappa shape index (κ3) is 9.13. The Labute approximate surface area is 564 Å². The van der Waals surface area contributed by atoms with E-state index < -0.39 is 0 Å². The summed E-state index contributed by atoms with van der Waals surface area (Å²) in [5.74, 6) is 0. The molecule has 0 atom stereocenters. The van der Waals surface area contributed by atoms with E-state index in [0.29, 0.717) is 0 Å². The minimum Gasteiger partial charge on any atom is -0.439 e. The second-order valence-electron chi connectivity index (χ2n) is 34.4. The van der Waals surface area contributed by atoms with E-state index in [1.807, 2.05) is 0 Å². The van der Waals surface area contributed by atoms with Crippen molar-refractivity contribution in [2.45, 2.75) is 157 Å². The summed E-state index contributed by atoms with van der Waals surface area (Å²) in [4.78, 5) is 0. The fraction of sp³-hybridized carbons (Fsp3) is 0.261. The molecule has 4 heteroatoms. The predicted octanol–water partition coefficient (Wildman–Crippen LogP) is 26.3. The van der Waals surface area contributed by atoms with Gasteiger partial charge in [0.15, 0.2) is 0 Å². The molecular formula is C92H87N3O. The molecule has 4 nitrogen and oxygen atoms in total. The van der Waals surface area contributed by atoms with E-state index in [9.17, 15) is 0 Å². The SMILES string of the molecule is CC(C)(C)c1cc(-c2cc(-c3ccc4c(c3)c3ccccc3n4-c3ccccc3)c3c(c2)c2cc(-c4cc(C(C)(C)C)cc(C(C)(C)C)c4)cc4c5cc6c7cc(-c8cc(C(C)(C)C)cc(C(C)(C)C)c8)cc8c9c%10ccccc%10oc9n(c6cc5n3c42)c78)cc(C(C)(C)C)c1. The molecule has 0 saturated heterocycles. The van der Waals surface area contributed by atoms with Gasteiger partial charge in [-0.1, -0.05) is 240 Å². The minimum atomic E-state index is -0.0767. The quantitative estimate of drug-likeness (QED) is 0.169. The van der Waals surface area contributed by atoms with Crippen molar-refractivity contribution in [3.63, 3.8) is 0 Å². The van der Waals surface area contributed by atoms with E-state index in [0.717, 1.165) is 33.3 Å². The van der Waals surface area contributed by atoms with Crippen LogP contribution in [0.25, 0.3) is 159 Å². The van der Waals surface area contributed by atoms with Gasteiger partial charge in [0.25, 0.3) is 0 Å². The first-order valence-electron chi connectivity index (χ1n) is 34.8. The number of para-hydroxylation sites is 3. The number of rotatable bonds is 5. The van der Waals surface area contributed by atoms with Crippen molar-refractivity contribution in [2.75, 3.05) is 0 Å². The van der Waals surface area contributed by atoms with E-state index in [2.05, 4.69) is 338 Å². The number of benzene rings is 11. The number of fused-ring (bicyclic) bond motifs is 17. The normalized spacial score (nSPS) is 13.5. The smallest absolute Gasteiger partial charge is 0.213 e. The molecule has 0 fully saturated rings. The van der Waals surface area contributed by atoms with Crippen LogP contribution >= 0.6 is 0 Å². The third-order valence-corrected chi connectivity index (χ3v) is 21.5. The lowest BCUT2D eigenvalue weighted by Crippen LogP contribution is -2.16. The van der Waals surface area contributed by atoms with Crippen LogP contribution < -0.4 is 0 Å². The molecule has 0 N–H and O–H groups in total. The number of aromatic nitrogens is 3. The van der Waals surface area contributed by atoms with Gasteiger partial charge in [-0.25, -0.2) is 0 Å². The van der Waals surface area contributed by atoms with Crippen LogP contribution in [-0.2, 0) is 32.5 Å². The fourth-order valence-corrected chi connectivity index (χ4v) is 15.8. The van der Waals surface area contributed by atoms with Gasteiger partial charge >= 0.3 is 0 Å². The maximum Gasteiger partial charge on any atom is 0.213 e. The Balaban J connectivity index is 1.05. The molecule has 11 aromatic carbocycles. The molecule has 0 aliphatic carbocycles. The van der Waals surface area contributed by atoms with E-state index in [1.54, 1.807) is 0 Å². The number of hydrogen-bond acceptors (Lipinski definition) is 1. The van der Waals surface area contributed by atoms with Crippen LogP contribution in [0.3, 0.4) is 0 Å². The van der Waals surface area contributed by atoms with Crippen LogP contribution in [0.1, 0.15) is 158 Å². The lowest BCUT2D eigenvalue weighted by Gasteiger charge is -2.26. The fourth-order valence-electron chi connectivity index (χ4n) is 15.8. The first-order chi connectivity index (χ1) is 45.3. The molecule has 6 heterocycles. The molecule has 17 rings (SSSR count). The monoisotopic (exact) mass is 1250 g/mol. The molecule has 0 spiro atoms. The Hall–Kier alpha value is -9.64. The first-order valence-corrected chi connectivity index (χ1v) is 34.8. The highest BCUT2D eigenvalue weighted by Gasteiger charge is 2.31. The largest absolute Gasteiger partial charge is 0.439 e. The Morgan fingerprint density at radius 2 is 0.625 bits per heavy atom. The predicted molar refractivity (Wildman–Crippen MR) is 414 cm³/mol. The molecule has 0 aliphatic heterocycles. The van der Waals surface area contributed by atoms with Crippen molar-refractivity contribution in [1.82, 2.24) is 13.4 Å². The van der Waals surface area contributed by atoms with Gasteiger partial charge in [0, 0.05) is 65.1 Å². The summed E-state index contributed by atoms with van der Waals surface area (Å²) in [7, 11) is 0. The van der Waals surface area contributed by atoms with Gasteiger partial charge in [-0.05, 0) is 190 Å².